The van der Waals surface area contributed by atoms with Crippen molar-refractivity contribution in [3.8, 4) is 5.75 Å². The van der Waals surface area contributed by atoms with Gasteiger partial charge in [0.15, 0.2) is 0 Å². The number of aryl methyl sites for hydroxylation is 1. The van der Waals surface area contributed by atoms with Crippen LogP contribution < -0.4 is 10.5 Å². The summed E-state index contributed by atoms with van der Waals surface area (Å²) in [7, 11) is 1.56. The van der Waals surface area contributed by atoms with E-state index < -0.39 is 5.82 Å². The van der Waals surface area contributed by atoms with Crippen molar-refractivity contribution >= 4 is 11.6 Å². The summed E-state index contributed by atoms with van der Waals surface area (Å²) in [5.41, 5.74) is 6.97. The summed E-state index contributed by atoms with van der Waals surface area (Å²) in [5, 5.41) is 0.142. The van der Waals surface area contributed by atoms with Gasteiger partial charge in [0.2, 0.25) is 0 Å². The second-order valence-electron chi connectivity index (χ2n) is 3.91. The lowest BCUT2D eigenvalue weighted by molar-refractivity contribution is 0.400. The number of nitrogens with two attached hydrogens (primary N) is 1. The van der Waals surface area contributed by atoms with E-state index in [2.05, 4.69) is 0 Å². The average molecular weight is 246 g/mol. The number of ether oxygens (including phenoxy) is 1. The maximum Gasteiger partial charge on any atom is 0.142 e. The largest absolute Gasteiger partial charge is 0.496 e. The zero-order valence-corrected chi connectivity index (χ0v) is 10.6. The number of rotatable bonds is 4. The van der Waals surface area contributed by atoms with Gasteiger partial charge in [0.05, 0.1) is 12.1 Å². The molecule has 4 heteroatoms. The Morgan fingerprint density at radius 3 is 2.69 bits per heavy atom. The Hall–Kier alpha value is -0.800. The lowest BCUT2D eigenvalue weighted by Crippen LogP contribution is -2.08. The molecule has 1 unspecified atom stereocenters. The maximum atomic E-state index is 13.5. The van der Waals surface area contributed by atoms with Crippen molar-refractivity contribution < 1.29 is 9.13 Å². The van der Waals surface area contributed by atoms with Crippen LogP contribution in [0.25, 0.3) is 0 Å². The third-order valence-corrected chi connectivity index (χ3v) is 3.07. The average Bonchev–Trinajstić information content (AvgIpc) is 2.23. The van der Waals surface area contributed by atoms with Crippen LogP contribution in [0, 0.1) is 12.7 Å². The van der Waals surface area contributed by atoms with E-state index in [0.29, 0.717) is 17.9 Å². The quantitative estimate of drug-likeness (QED) is 0.884. The van der Waals surface area contributed by atoms with Gasteiger partial charge in [-0.15, -0.1) is 0 Å². The molecule has 16 heavy (non-hydrogen) atoms. The molecule has 90 valence electrons. The molecule has 0 aliphatic heterocycles. The molecule has 1 atom stereocenters. The predicted molar refractivity (Wildman–Crippen MR) is 64.8 cm³/mol. The van der Waals surface area contributed by atoms with Crippen LogP contribution in [0.15, 0.2) is 6.07 Å². The highest BCUT2D eigenvalue weighted by Gasteiger charge is 2.20. The minimum absolute atomic E-state index is 0.0850. The predicted octanol–water partition coefficient (Wildman–Crippen LogP) is 3.25. The van der Waals surface area contributed by atoms with Crippen molar-refractivity contribution in [1.29, 1.82) is 0 Å². The third kappa shape index (κ3) is 2.47. The standard InChI is InChI=1S/C12H17ClFNO/c1-7(4-5-15)10-11(13)9(14)6-8(2)12(10)16-3/h6-7H,4-5,15H2,1-3H3. The Morgan fingerprint density at radius 2 is 2.19 bits per heavy atom. The highest BCUT2D eigenvalue weighted by atomic mass is 35.5. The molecule has 0 fully saturated rings. The third-order valence-electron chi connectivity index (χ3n) is 2.69. The molecule has 0 amide bonds. The number of halogens is 2. The van der Waals surface area contributed by atoms with Gasteiger partial charge in [-0.2, -0.15) is 0 Å². The lowest BCUT2D eigenvalue weighted by Gasteiger charge is -2.19. The first-order valence-electron chi connectivity index (χ1n) is 5.25. The Bertz CT molecular complexity index is 382. The van der Waals surface area contributed by atoms with Crippen molar-refractivity contribution in [3.05, 3.63) is 28.0 Å². The highest BCUT2D eigenvalue weighted by molar-refractivity contribution is 6.31. The Morgan fingerprint density at radius 1 is 1.56 bits per heavy atom. The van der Waals surface area contributed by atoms with E-state index in [0.717, 1.165) is 12.0 Å². The van der Waals surface area contributed by atoms with Crippen molar-refractivity contribution in [2.75, 3.05) is 13.7 Å². The van der Waals surface area contributed by atoms with Crippen LogP contribution in [-0.2, 0) is 0 Å². The fourth-order valence-electron chi connectivity index (χ4n) is 1.87. The SMILES string of the molecule is COc1c(C)cc(F)c(Cl)c1C(C)CCN. The summed E-state index contributed by atoms with van der Waals surface area (Å²) in [6, 6.07) is 1.39. The van der Waals surface area contributed by atoms with Crippen LogP contribution in [0.1, 0.15) is 30.4 Å². The van der Waals surface area contributed by atoms with Crippen LogP contribution in [0.4, 0.5) is 4.39 Å². The summed E-state index contributed by atoms with van der Waals surface area (Å²) in [5.74, 6) is 0.341. The van der Waals surface area contributed by atoms with E-state index in [9.17, 15) is 4.39 Å². The maximum absolute atomic E-state index is 13.5. The van der Waals surface area contributed by atoms with E-state index in [-0.39, 0.29) is 10.9 Å². The van der Waals surface area contributed by atoms with Crippen molar-refractivity contribution in [2.45, 2.75) is 26.2 Å². The van der Waals surface area contributed by atoms with Gasteiger partial charge in [-0.25, -0.2) is 4.39 Å². The van der Waals surface area contributed by atoms with Gasteiger partial charge >= 0.3 is 0 Å². The molecule has 2 nitrogen and oxygen atoms in total. The lowest BCUT2D eigenvalue weighted by atomic mass is 9.94. The molecule has 2 N–H and O–H groups in total. The number of hydrogen-bond donors (Lipinski definition) is 1. The van der Waals surface area contributed by atoms with Gasteiger partial charge in [-0.05, 0) is 37.4 Å². The number of methoxy groups -OCH3 is 1. The van der Waals surface area contributed by atoms with Gasteiger partial charge in [-0.3, -0.25) is 0 Å². The fourth-order valence-corrected chi connectivity index (χ4v) is 2.19. The van der Waals surface area contributed by atoms with Crippen LogP contribution >= 0.6 is 11.6 Å². The zero-order chi connectivity index (χ0) is 12.3. The fraction of sp³-hybridized carbons (Fsp3) is 0.500. The molecule has 0 radical (unpaired) electrons. The van der Waals surface area contributed by atoms with Crippen LogP contribution in [0.5, 0.6) is 5.75 Å². The van der Waals surface area contributed by atoms with Crippen LogP contribution in [0.2, 0.25) is 5.02 Å². The molecule has 0 saturated carbocycles. The molecule has 0 aromatic heterocycles. The molecule has 0 spiro atoms. The van der Waals surface area contributed by atoms with Gasteiger partial charge in [-0.1, -0.05) is 18.5 Å². The summed E-state index contributed by atoms with van der Waals surface area (Å²) in [6.45, 7) is 4.31. The van der Waals surface area contributed by atoms with Crippen LogP contribution in [-0.4, -0.2) is 13.7 Å². The van der Waals surface area contributed by atoms with Gasteiger partial charge in [0.1, 0.15) is 11.6 Å². The Balaban J connectivity index is 3.32. The summed E-state index contributed by atoms with van der Waals surface area (Å²) >= 11 is 5.98. The highest BCUT2D eigenvalue weighted by Crippen LogP contribution is 2.38. The summed E-state index contributed by atoms with van der Waals surface area (Å²) in [6.07, 6.45) is 0.749. The second-order valence-corrected chi connectivity index (χ2v) is 4.29. The van der Waals surface area contributed by atoms with Crippen molar-refractivity contribution in [3.63, 3.8) is 0 Å². The summed E-state index contributed by atoms with van der Waals surface area (Å²) in [4.78, 5) is 0. The molecule has 0 heterocycles. The zero-order valence-electron chi connectivity index (χ0n) is 9.81. The molecule has 1 rings (SSSR count). The van der Waals surface area contributed by atoms with Gasteiger partial charge in [0, 0.05) is 5.56 Å². The smallest absolute Gasteiger partial charge is 0.142 e. The van der Waals surface area contributed by atoms with Gasteiger partial charge < -0.3 is 10.5 Å². The Kier molecular flexibility index (Phi) is 4.56. The normalized spacial score (nSPS) is 12.6. The van der Waals surface area contributed by atoms with Crippen molar-refractivity contribution in [1.82, 2.24) is 0 Å². The van der Waals surface area contributed by atoms with E-state index in [1.165, 1.54) is 6.07 Å². The molecule has 1 aromatic rings. The molecule has 1 aromatic carbocycles. The number of hydrogen-bond acceptors (Lipinski definition) is 2. The first-order valence-corrected chi connectivity index (χ1v) is 5.63. The van der Waals surface area contributed by atoms with E-state index >= 15 is 0 Å². The first-order chi connectivity index (χ1) is 7.52. The van der Waals surface area contributed by atoms with Crippen LogP contribution in [0.3, 0.4) is 0 Å². The monoisotopic (exact) mass is 245 g/mol. The molecule has 0 bridgehead atoms. The molecule has 0 saturated heterocycles. The molecule has 0 aliphatic carbocycles. The van der Waals surface area contributed by atoms with E-state index in [1.54, 1.807) is 14.0 Å². The van der Waals surface area contributed by atoms with E-state index in [1.807, 2.05) is 6.92 Å². The van der Waals surface area contributed by atoms with Crippen molar-refractivity contribution in [2.24, 2.45) is 5.73 Å². The van der Waals surface area contributed by atoms with E-state index in [4.69, 9.17) is 22.1 Å². The molecular formula is C12H17ClFNO. The van der Waals surface area contributed by atoms with Gasteiger partial charge in [0.25, 0.3) is 0 Å². The Labute approximate surface area is 101 Å². The topological polar surface area (TPSA) is 35.2 Å². The summed E-state index contributed by atoms with van der Waals surface area (Å²) < 4.78 is 18.8. The minimum atomic E-state index is -0.404. The second kappa shape index (κ2) is 5.51. The first kappa shape index (κ1) is 13.3. The minimum Gasteiger partial charge on any atom is -0.496 e. The number of benzene rings is 1. The molecular weight excluding hydrogens is 229 g/mol. The molecule has 0 aliphatic rings.